The van der Waals surface area contributed by atoms with Crippen LogP contribution < -0.4 is 0 Å². The third-order valence-corrected chi connectivity index (χ3v) is 13.4. The van der Waals surface area contributed by atoms with Gasteiger partial charge in [0.1, 0.15) is 0 Å². The standard InChI is InChI=1S/C33H50N2O2/c1-9-37-27(36)33-16-14-28(2,3)19-23(33)22-10-11-25-30(6)18-21-20-34-35-26(21)29(4,5)24(30)12-13-32(25,8)31(22,7)15-17-33/h10,20,23-25H,9,11-19H2,1-8H3,(H,34,35)/t23-,24?,25?,30-,31+,32+,33-/m0/s1. The van der Waals surface area contributed by atoms with Crippen molar-refractivity contribution >= 4 is 5.97 Å². The number of H-pyrrole nitrogens is 1. The van der Waals surface area contributed by atoms with Crippen LogP contribution in [0.25, 0.3) is 0 Å². The summed E-state index contributed by atoms with van der Waals surface area (Å²) in [7, 11) is 0. The highest BCUT2D eigenvalue weighted by atomic mass is 16.5. The quantitative estimate of drug-likeness (QED) is 0.329. The molecule has 1 aromatic rings. The van der Waals surface area contributed by atoms with Crippen LogP contribution in [-0.4, -0.2) is 22.8 Å². The Labute approximate surface area is 224 Å². The molecule has 204 valence electrons. The molecule has 0 saturated heterocycles. The van der Waals surface area contributed by atoms with Crippen LogP contribution in [-0.2, 0) is 21.4 Å². The maximum atomic E-state index is 13.7. The normalized spacial score (nSPS) is 45.3. The average molecular weight is 507 g/mol. The van der Waals surface area contributed by atoms with Crippen molar-refractivity contribution in [1.29, 1.82) is 0 Å². The molecule has 0 radical (unpaired) electrons. The second-order valence-corrected chi connectivity index (χ2v) is 15.8. The van der Waals surface area contributed by atoms with Crippen molar-refractivity contribution in [1.82, 2.24) is 10.2 Å². The van der Waals surface area contributed by atoms with Crippen molar-refractivity contribution in [2.75, 3.05) is 6.61 Å². The Morgan fingerprint density at radius 2 is 1.76 bits per heavy atom. The predicted octanol–water partition coefficient (Wildman–Crippen LogP) is 7.79. The molecule has 7 atom stereocenters. The number of hydrogen-bond donors (Lipinski definition) is 1. The molecule has 0 amide bonds. The van der Waals surface area contributed by atoms with Gasteiger partial charge < -0.3 is 4.74 Å². The first kappa shape index (κ1) is 25.7. The van der Waals surface area contributed by atoms with Crippen LogP contribution in [0, 0.1) is 44.8 Å². The van der Waals surface area contributed by atoms with Gasteiger partial charge in [-0.3, -0.25) is 9.89 Å². The Balaban J connectivity index is 1.45. The molecule has 0 spiro atoms. The lowest BCUT2D eigenvalue weighted by Crippen LogP contribution is -2.64. The van der Waals surface area contributed by atoms with Crippen molar-refractivity contribution in [3.8, 4) is 0 Å². The molecule has 0 aliphatic heterocycles. The highest BCUT2D eigenvalue weighted by Gasteiger charge is 2.69. The maximum Gasteiger partial charge on any atom is 0.312 e. The summed E-state index contributed by atoms with van der Waals surface area (Å²) < 4.78 is 5.81. The second kappa shape index (κ2) is 7.75. The Kier molecular flexibility index (Phi) is 5.38. The third-order valence-electron chi connectivity index (χ3n) is 13.4. The van der Waals surface area contributed by atoms with E-state index in [0.29, 0.717) is 24.4 Å². The van der Waals surface area contributed by atoms with E-state index >= 15 is 0 Å². The fourth-order valence-corrected chi connectivity index (χ4v) is 11.3. The van der Waals surface area contributed by atoms with E-state index in [4.69, 9.17) is 4.74 Å². The van der Waals surface area contributed by atoms with Gasteiger partial charge in [0.25, 0.3) is 0 Å². The molecular weight excluding hydrogens is 456 g/mol. The minimum atomic E-state index is -0.320. The van der Waals surface area contributed by atoms with Crippen LogP contribution in [0.3, 0.4) is 0 Å². The number of carbonyl (C=O) groups excluding carboxylic acids is 1. The monoisotopic (exact) mass is 506 g/mol. The summed E-state index contributed by atoms with van der Waals surface area (Å²) in [6.45, 7) is 20.1. The van der Waals surface area contributed by atoms with E-state index in [2.05, 4.69) is 70.9 Å². The van der Waals surface area contributed by atoms with Gasteiger partial charge in [-0.25, -0.2) is 0 Å². The summed E-state index contributed by atoms with van der Waals surface area (Å²) in [5.41, 5.74) is 5.13. The molecule has 37 heavy (non-hydrogen) atoms. The summed E-state index contributed by atoms with van der Waals surface area (Å²) in [6, 6.07) is 0. The van der Waals surface area contributed by atoms with Crippen LogP contribution in [0.15, 0.2) is 17.8 Å². The highest BCUT2D eigenvalue weighted by molar-refractivity contribution is 5.78. The summed E-state index contributed by atoms with van der Waals surface area (Å²) >= 11 is 0. The molecule has 1 heterocycles. The summed E-state index contributed by atoms with van der Waals surface area (Å²) in [5.74, 6) is 1.70. The number of rotatable bonds is 2. The number of aromatic amines is 1. The molecular formula is C33H50N2O2. The Morgan fingerprint density at radius 1 is 1.03 bits per heavy atom. The fourth-order valence-electron chi connectivity index (χ4n) is 11.3. The molecule has 3 fully saturated rings. The van der Waals surface area contributed by atoms with Crippen LogP contribution in [0.1, 0.15) is 118 Å². The zero-order valence-electron chi connectivity index (χ0n) is 24.7. The summed E-state index contributed by atoms with van der Waals surface area (Å²) in [6.07, 6.45) is 14.9. The Morgan fingerprint density at radius 3 is 2.49 bits per heavy atom. The van der Waals surface area contributed by atoms with Crippen LogP contribution >= 0.6 is 0 Å². The minimum Gasteiger partial charge on any atom is -0.466 e. The van der Waals surface area contributed by atoms with Gasteiger partial charge in [0.2, 0.25) is 0 Å². The van der Waals surface area contributed by atoms with Crippen LogP contribution in [0.5, 0.6) is 0 Å². The molecule has 5 aliphatic carbocycles. The third kappa shape index (κ3) is 3.14. The molecule has 1 aromatic heterocycles. The zero-order chi connectivity index (χ0) is 26.6. The zero-order valence-corrected chi connectivity index (χ0v) is 24.7. The number of esters is 1. The predicted molar refractivity (Wildman–Crippen MR) is 148 cm³/mol. The highest BCUT2D eigenvalue weighted by Crippen LogP contribution is 2.75. The van der Waals surface area contributed by atoms with Gasteiger partial charge >= 0.3 is 5.97 Å². The molecule has 5 aliphatic rings. The van der Waals surface area contributed by atoms with E-state index < -0.39 is 0 Å². The van der Waals surface area contributed by atoms with Crippen molar-refractivity contribution in [2.24, 2.45) is 44.8 Å². The number of aromatic nitrogens is 2. The van der Waals surface area contributed by atoms with E-state index in [1.165, 1.54) is 24.1 Å². The van der Waals surface area contributed by atoms with Gasteiger partial charge in [-0.05, 0) is 110 Å². The largest absolute Gasteiger partial charge is 0.466 e. The SMILES string of the molecule is CCOC(=O)[C@]12CCC(C)(C)C[C@H]1C1=CCC3[C@@]4(C)Cc5cn[nH]c5C(C)(C)C4CC[C@@]3(C)[C@]1(C)CC2. The van der Waals surface area contributed by atoms with Crippen LogP contribution in [0.2, 0.25) is 0 Å². The first-order valence-corrected chi connectivity index (χ1v) is 15.2. The maximum absolute atomic E-state index is 13.7. The Hall–Kier alpha value is -1.58. The molecule has 1 N–H and O–H groups in total. The van der Waals surface area contributed by atoms with Gasteiger partial charge in [-0.2, -0.15) is 5.10 Å². The van der Waals surface area contributed by atoms with E-state index in [-0.39, 0.29) is 38.5 Å². The van der Waals surface area contributed by atoms with Gasteiger partial charge in [0.15, 0.2) is 0 Å². The van der Waals surface area contributed by atoms with E-state index in [9.17, 15) is 4.79 Å². The first-order valence-electron chi connectivity index (χ1n) is 15.2. The van der Waals surface area contributed by atoms with Crippen molar-refractivity contribution in [3.05, 3.63) is 29.1 Å². The first-order chi connectivity index (χ1) is 17.3. The second-order valence-electron chi connectivity index (χ2n) is 15.8. The van der Waals surface area contributed by atoms with Gasteiger partial charge in [0, 0.05) is 11.1 Å². The number of nitrogens with zero attached hydrogens (tertiary/aromatic N) is 1. The number of ether oxygens (including phenoxy) is 1. The number of carbonyl (C=O) groups is 1. The van der Waals surface area contributed by atoms with E-state index in [1.807, 2.05) is 6.92 Å². The summed E-state index contributed by atoms with van der Waals surface area (Å²) in [4.78, 5) is 13.7. The van der Waals surface area contributed by atoms with Crippen molar-refractivity contribution in [2.45, 2.75) is 119 Å². The van der Waals surface area contributed by atoms with Crippen molar-refractivity contribution < 1.29 is 9.53 Å². The Bertz CT molecular complexity index is 1140. The molecule has 4 nitrogen and oxygen atoms in total. The molecule has 2 unspecified atom stereocenters. The molecule has 0 aromatic carbocycles. The van der Waals surface area contributed by atoms with Gasteiger partial charge in [-0.15, -0.1) is 0 Å². The minimum absolute atomic E-state index is 0.0860. The van der Waals surface area contributed by atoms with Crippen molar-refractivity contribution in [3.63, 3.8) is 0 Å². The lowest BCUT2D eigenvalue weighted by atomic mass is 9.33. The van der Waals surface area contributed by atoms with Gasteiger partial charge in [0.05, 0.1) is 18.2 Å². The smallest absolute Gasteiger partial charge is 0.312 e. The van der Waals surface area contributed by atoms with Crippen LogP contribution in [0.4, 0.5) is 0 Å². The lowest BCUT2D eigenvalue weighted by Gasteiger charge is -2.70. The number of fused-ring (bicyclic) bond motifs is 8. The number of allylic oxidation sites excluding steroid dienone is 2. The lowest BCUT2D eigenvalue weighted by molar-refractivity contribution is -0.181. The van der Waals surface area contributed by atoms with E-state index in [0.717, 1.165) is 44.9 Å². The summed E-state index contributed by atoms with van der Waals surface area (Å²) in [5, 5.41) is 7.90. The number of hydrogen-bond acceptors (Lipinski definition) is 3. The molecule has 6 rings (SSSR count). The molecule has 0 bridgehead atoms. The molecule has 4 heteroatoms. The average Bonchev–Trinajstić information content (AvgIpc) is 3.28. The van der Waals surface area contributed by atoms with E-state index in [1.54, 1.807) is 5.57 Å². The number of nitrogens with one attached hydrogen (secondary N) is 1. The topological polar surface area (TPSA) is 55.0 Å². The van der Waals surface area contributed by atoms with Gasteiger partial charge in [-0.1, -0.05) is 60.1 Å². The molecule has 3 saturated carbocycles. The fraction of sp³-hybridized carbons (Fsp3) is 0.818.